The average molecular weight is 416 g/mol. The molecule has 6 heteroatoms. The molecule has 2 aromatic rings. The van der Waals surface area contributed by atoms with Crippen molar-refractivity contribution in [1.82, 2.24) is 15.5 Å². The van der Waals surface area contributed by atoms with E-state index in [1.165, 1.54) is 0 Å². The van der Waals surface area contributed by atoms with Crippen LogP contribution in [0.2, 0.25) is 5.02 Å². The van der Waals surface area contributed by atoms with Gasteiger partial charge in [0.15, 0.2) is 0 Å². The van der Waals surface area contributed by atoms with Crippen LogP contribution >= 0.6 is 11.6 Å². The lowest BCUT2D eigenvalue weighted by Crippen LogP contribution is -2.43. The Morgan fingerprint density at radius 3 is 2.21 bits per heavy atom. The molecule has 0 bridgehead atoms. The third-order valence-corrected chi connectivity index (χ3v) is 5.00. The van der Waals surface area contributed by atoms with Crippen molar-refractivity contribution in [2.75, 3.05) is 20.6 Å². The standard InChI is InChI=1S/C23H30ClN3O2/c1-16(2)14-21(28)26-22(17-10-6-5-7-11-17)23(29)25-15-20(27(3)4)18-12-8-9-13-19(18)24/h5-13,16,20,22H,14-15H2,1-4H3,(H,25,29)(H,26,28). The summed E-state index contributed by atoms with van der Waals surface area (Å²) in [7, 11) is 3.89. The van der Waals surface area contributed by atoms with Gasteiger partial charge in [-0.3, -0.25) is 9.59 Å². The summed E-state index contributed by atoms with van der Waals surface area (Å²) in [6.07, 6.45) is 0.372. The van der Waals surface area contributed by atoms with Crippen molar-refractivity contribution < 1.29 is 9.59 Å². The fourth-order valence-electron chi connectivity index (χ4n) is 3.15. The maximum Gasteiger partial charge on any atom is 0.247 e. The molecule has 0 aliphatic rings. The van der Waals surface area contributed by atoms with Gasteiger partial charge >= 0.3 is 0 Å². The summed E-state index contributed by atoms with van der Waals surface area (Å²) in [5, 5.41) is 6.53. The van der Waals surface area contributed by atoms with Crippen LogP contribution in [0.15, 0.2) is 54.6 Å². The number of likely N-dealkylation sites (N-methyl/N-ethyl adjacent to an activating group) is 1. The summed E-state index contributed by atoms with van der Waals surface area (Å²) >= 11 is 6.36. The molecule has 0 saturated heterocycles. The molecule has 0 spiro atoms. The van der Waals surface area contributed by atoms with E-state index < -0.39 is 6.04 Å². The molecular weight excluding hydrogens is 386 g/mol. The molecule has 2 N–H and O–H groups in total. The van der Waals surface area contributed by atoms with Gasteiger partial charge in [0.2, 0.25) is 11.8 Å². The number of rotatable bonds is 9. The summed E-state index contributed by atoms with van der Waals surface area (Å²) in [5.74, 6) is -0.167. The Balaban J connectivity index is 2.15. The molecule has 2 amide bonds. The molecule has 29 heavy (non-hydrogen) atoms. The zero-order chi connectivity index (χ0) is 21.4. The molecule has 0 fully saturated rings. The number of hydrogen-bond donors (Lipinski definition) is 2. The third-order valence-electron chi connectivity index (χ3n) is 4.65. The normalized spacial score (nSPS) is 13.2. The van der Waals surface area contributed by atoms with Gasteiger partial charge in [0.05, 0.1) is 6.04 Å². The number of hydrogen-bond acceptors (Lipinski definition) is 3. The highest BCUT2D eigenvalue weighted by atomic mass is 35.5. The Morgan fingerprint density at radius 2 is 1.62 bits per heavy atom. The fraction of sp³-hybridized carbons (Fsp3) is 0.391. The molecule has 156 valence electrons. The van der Waals surface area contributed by atoms with Crippen molar-refractivity contribution in [3.63, 3.8) is 0 Å². The first kappa shape index (κ1) is 22.9. The highest BCUT2D eigenvalue weighted by Crippen LogP contribution is 2.25. The Kier molecular flexibility index (Phi) is 8.68. The van der Waals surface area contributed by atoms with Crippen LogP contribution in [0.5, 0.6) is 0 Å². The van der Waals surface area contributed by atoms with Gasteiger partial charge in [-0.2, -0.15) is 0 Å². The molecule has 2 unspecified atom stereocenters. The predicted octanol–water partition coefficient (Wildman–Crippen LogP) is 3.96. The number of benzene rings is 2. The minimum Gasteiger partial charge on any atom is -0.352 e. The van der Waals surface area contributed by atoms with Gasteiger partial charge in [-0.15, -0.1) is 0 Å². The number of carbonyl (C=O) groups excluding carboxylic acids is 2. The first-order valence-electron chi connectivity index (χ1n) is 9.82. The molecule has 0 heterocycles. The Bertz CT molecular complexity index is 809. The van der Waals surface area contributed by atoms with E-state index >= 15 is 0 Å². The number of nitrogens with one attached hydrogen (secondary N) is 2. The van der Waals surface area contributed by atoms with Gasteiger partial charge in [0.25, 0.3) is 0 Å². The summed E-state index contributed by atoms with van der Waals surface area (Å²) in [4.78, 5) is 27.4. The molecule has 0 radical (unpaired) electrons. The molecule has 2 atom stereocenters. The van der Waals surface area contributed by atoms with E-state index in [4.69, 9.17) is 11.6 Å². The van der Waals surface area contributed by atoms with E-state index in [2.05, 4.69) is 10.6 Å². The second-order valence-corrected chi connectivity index (χ2v) is 8.16. The van der Waals surface area contributed by atoms with Crippen LogP contribution in [0.3, 0.4) is 0 Å². The highest BCUT2D eigenvalue weighted by molar-refractivity contribution is 6.31. The van der Waals surface area contributed by atoms with Crippen molar-refractivity contribution in [3.05, 3.63) is 70.7 Å². The highest BCUT2D eigenvalue weighted by Gasteiger charge is 2.25. The number of halogens is 1. The largest absolute Gasteiger partial charge is 0.352 e. The second kappa shape index (κ2) is 11.0. The van der Waals surface area contributed by atoms with Crippen LogP contribution in [0.25, 0.3) is 0 Å². The maximum atomic E-state index is 13.0. The van der Waals surface area contributed by atoms with Crippen LogP contribution in [-0.4, -0.2) is 37.4 Å². The maximum absolute atomic E-state index is 13.0. The second-order valence-electron chi connectivity index (χ2n) is 7.76. The molecule has 0 saturated carbocycles. The van der Waals surface area contributed by atoms with Gasteiger partial charge in [-0.05, 0) is 37.2 Å². The lowest BCUT2D eigenvalue weighted by Gasteiger charge is -2.27. The van der Waals surface area contributed by atoms with Crippen molar-refractivity contribution in [2.45, 2.75) is 32.4 Å². The molecule has 2 aromatic carbocycles. The van der Waals surface area contributed by atoms with E-state index in [1.54, 1.807) is 0 Å². The molecule has 2 rings (SSSR count). The van der Waals surface area contributed by atoms with Crippen molar-refractivity contribution in [3.8, 4) is 0 Å². The third kappa shape index (κ3) is 6.87. The van der Waals surface area contributed by atoms with Gasteiger partial charge in [0.1, 0.15) is 6.04 Å². The van der Waals surface area contributed by atoms with Gasteiger partial charge in [0, 0.05) is 18.0 Å². The summed E-state index contributed by atoms with van der Waals surface area (Å²) in [6.45, 7) is 4.32. The Labute approximate surface area is 178 Å². The lowest BCUT2D eigenvalue weighted by molar-refractivity contribution is -0.129. The van der Waals surface area contributed by atoms with E-state index in [0.717, 1.165) is 11.1 Å². The number of amides is 2. The first-order chi connectivity index (χ1) is 13.8. The summed E-state index contributed by atoms with van der Waals surface area (Å²) < 4.78 is 0. The Morgan fingerprint density at radius 1 is 1.00 bits per heavy atom. The van der Waals surface area contributed by atoms with Crippen molar-refractivity contribution >= 4 is 23.4 Å². The topological polar surface area (TPSA) is 61.4 Å². The van der Waals surface area contributed by atoms with E-state index in [9.17, 15) is 9.59 Å². The minimum atomic E-state index is -0.739. The van der Waals surface area contributed by atoms with Gasteiger partial charge in [-0.1, -0.05) is 74.0 Å². The van der Waals surface area contributed by atoms with E-state index in [-0.39, 0.29) is 23.8 Å². The SMILES string of the molecule is CC(C)CC(=O)NC(C(=O)NCC(c1ccccc1Cl)N(C)C)c1ccccc1. The molecule has 0 aliphatic carbocycles. The van der Waals surface area contributed by atoms with Gasteiger partial charge < -0.3 is 15.5 Å². The van der Waals surface area contributed by atoms with Crippen molar-refractivity contribution in [2.24, 2.45) is 5.92 Å². The van der Waals surface area contributed by atoms with Crippen LogP contribution in [0.4, 0.5) is 0 Å². The zero-order valence-corrected chi connectivity index (χ0v) is 18.2. The van der Waals surface area contributed by atoms with Crippen LogP contribution in [-0.2, 0) is 9.59 Å². The van der Waals surface area contributed by atoms with Crippen LogP contribution < -0.4 is 10.6 Å². The number of nitrogens with zero attached hydrogens (tertiary/aromatic N) is 1. The molecule has 5 nitrogen and oxygen atoms in total. The molecular formula is C23H30ClN3O2. The fourth-order valence-corrected chi connectivity index (χ4v) is 3.41. The molecule has 0 aromatic heterocycles. The van der Waals surface area contributed by atoms with E-state index in [0.29, 0.717) is 18.0 Å². The first-order valence-corrected chi connectivity index (χ1v) is 10.2. The van der Waals surface area contributed by atoms with E-state index in [1.807, 2.05) is 87.4 Å². The zero-order valence-electron chi connectivity index (χ0n) is 17.5. The van der Waals surface area contributed by atoms with Crippen LogP contribution in [0, 0.1) is 5.92 Å². The number of carbonyl (C=O) groups is 2. The van der Waals surface area contributed by atoms with Crippen molar-refractivity contribution in [1.29, 1.82) is 0 Å². The van der Waals surface area contributed by atoms with Crippen LogP contribution in [0.1, 0.15) is 43.5 Å². The lowest BCUT2D eigenvalue weighted by atomic mass is 10.0. The quantitative estimate of drug-likeness (QED) is 0.651. The average Bonchev–Trinajstić information content (AvgIpc) is 2.67. The smallest absolute Gasteiger partial charge is 0.247 e. The monoisotopic (exact) mass is 415 g/mol. The summed E-state index contributed by atoms with van der Waals surface area (Å²) in [5.41, 5.74) is 1.70. The Hall–Kier alpha value is -2.37. The minimum absolute atomic E-state index is 0.0876. The molecule has 0 aliphatic heterocycles. The summed E-state index contributed by atoms with van der Waals surface area (Å²) in [6, 6.07) is 16.1. The van der Waals surface area contributed by atoms with Gasteiger partial charge in [-0.25, -0.2) is 0 Å². The predicted molar refractivity (Wildman–Crippen MR) is 118 cm³/mol.